The van der Waals surface area contributed by atoms with E-state index < -0.39 is 0 Å². The zero-order chi connectivity index (χ0) is 13.7. The number of aryl methyl sites for hydroxylation is 2. The Bertz CT molecular complexity index is 564. The van der Waals surface area contributed by atoms with E-state index in [1.165, 1.54) is 0 Å². The molecule has 0 amide bonds. The van der Waals surface area contributed by atoms with Crippen LogP contribution in [0.15, 0.2) is 36.5 Å². The lowest BCUT2D eigenvalue weighted by Gasteiger charge is -2.13. The normalized spacial score (nSPS) is 10.2. The number of hydrogen-bond acceptors (Lipinski definition) is 3. The van der Waals surface area contributed by atoms with Gasteiger partial charge >= 0.3 is 0 Å². The van der Waals surface area contributed by atoms with Gasteiger partial charge in [-0.3, -0.25) is 9.78 Å². The Kier molecular flexibility index (Phi) is 4.29. The number of nitrogens with zero attached hydrogens (tertiary/aromatic N) is 1. The van der Waals surface area contributed by atoms with Crippen LogP contribution in [-0.2, 0) is 13.0 Å². The van der Waals surface area contributed by atoms with Crippen LogP contribution in [0.2, 0.25) is 0 Å². The average Bonchev–Trinajstić information content (AvgIpc) is 2.46. The maximum atomic E-state index is 11.3. The minimum atomic E-state index is 0.442. The fourth-order valence-corrected chi connectivity index (χ4v) is 1.97. The van der Waals surface area contributed by atoms with Crippen molar-refractivity contribution >= 4 is 6.29 Å². The molecule has 0 aliphatic rings. The molecule has 2 aromatic rings. The van der Waals surface area contributed by atoms with Crippen molar-refractivity contribution in [3.63, 3.8) is 0 Å². The molecule has 0 aliphatic heterocycles. The van der Waals surface area contributed by atoms with Crippen molar-refractivity contribution in [1.29, 1.82) is 0 Å². The first-order valence-electron chi connectivity index (χ1n) is 6.36. The molecule has 0 unspecified atom stereocenters. The Morgan fingerprint density at radius 1 is 1.26 bits per heavy atom. The average molecular weight is 255 g/mol. The summed E-state index contributed by atoms with van der Waals surface area (Å²) in [6.07, 6.45) is 3.37. The molecule has 1 aromatic heterocycles. The van der Waals surface area contributed by atoms with Gasteiger partial charge in [-0.25, -0.2) is 0 Å². The van der Waals surface area contributed by atoms with Gasteiger partial charge in [0.15, 0.2) is 12.0 Å². The van der Waals surface area contributed by atoms with Crippen LogP contribution in [0.4, 0.5) is 0 Å². The zero-order valence-electron chi connectivity index (χ0n) is 11.2. The third kappa shape index (κ3) is 2.99. The Morgan fingerprint density at radius 3 is 2.63 bits per heavy atom. The maximum Gasteiger partial charge on any atom is 0.154 e. The Morgan fingerprint density at radius 2 is 2.00 bits per heavy atom. The highest BCUT2D eigenvalue weighted by atomic mass is 16.5. The van der Waals surface area contributed by atoms with E-state index in [0.29, 0.717) is 17.9 Å². The second-order valence-corrected chi connectivity index (χ2v) is 4.36. The minimum absolute atomic E-state index is 0.442. The number of carbonyl (C=O) groups is 1. The van der Waals surface area contributed by atoms with Gasteiger partial charge in [0, 0.05) is 6.20 Å². The van der Waals surface area contributed by atoms with Gasteiger partial charge in [-0.1, -0.05) is 37.3 Å². The summed E-state index contributed by atoms with van der Waals surface area (Å²) in [4.78, 5) is 15.5. The molecule has 2 rings (SSSR count). The van der Waals surface area contributed by atoms with E-state index in [4.69, 9.17) is 4.74 Å². The van der Waals surface area contributed by atoms with Crippen LogP contribution in [0.3, 0.4) is 0 Å². The van der Waals surface area contributed by atoms with Gasteiger partial charge in [0.05, 0.1) is 11.3 Å². The molecule has 0 N–H and O–H groups in total. The van der Waals surface area contributed by atoms with Crippen molar-refractivity contribution in [2.45, 2.75) is 26.9 Å². The molecule has 3 heteroatoms. The van der Waals surface area contributed by atoms with Crippen LogP contribution in [0.5, 0.6) is 5.75 Å². The quantitative estimate of drug-likeness (QED) is 0.769. The predicted octanol–water partition coefficient (Wildman–Crippen LogP) is 3.34. The number of benzene rings is 1. The molecule has 98 valence electrons. The van der Waals surface area contributed by atoms with E-state index in [9.17, 15) is 4.79 Å². The largest absolute Gasteiger partial charge is 0.486 e. The number of rotatable bonds is 5. The summed E-state index contributed by atoms with van der Waals surface area (Å²) in [7, 11) is 0. The molecule has 0 saturated carbocycles. The second kappa shape index (κ2) is 6.14. The van der Waals surface area contributed by atoms with Gasteiger partial charge in [-0.05, 0) is 24.5 Å². The number of ether oxygens (including phenoxy) is 1. The molecule has 0 bridgehead atoms. The van der Waals surface area contributed by atoms with Crippen molar-refractivity contribution in [2.75, 3.05) is 0 Å². The van der Waals surface area contributed by atoms with Gasteiger partial charge in [0.1, 0.15) is 6.61 Å². The summed E-state index contributed by atoms with van der Waals surface area (Å²) in [5.74, 6) is 0.596. The lowest BCUT2D eigenvalue weighted by Crippen LogP contribution is -2.04. The Labute approximate surface area is 113 Å². The lowest BCUT2D eigenvalue weighted by atomic mass is 10.1. The lowest BCUT2D eigenvalue weighted by molar-refractivity contribution is 0.111. The SMILES string of the molecule is CCc1cnc(C)c(OCc2ccccc2)c1C=O. The van der Waals surface area contributed by atoms with Crippen LogP contribution < -0.4 is 4.74 Å². The summed E-state index contributed by atoms with van der Waals surface area (Å²) < 4.78 is 5.79. The summed E-state index contributed by atoms with van der Waals surface area (Å²) in [5, 5.41) is 0. The molecular weight excluding hydrogens is 238 g/mol. The van der Waals surface area contributed by atoms with Gasteiger partial charge in [0.25, 0.3) is 0 Å². The first-order chi connectivity index (χ1) is 9.26. The van der Waals surface area contributed by atoms with E-state index in [1.807, 2.05) is 44.2 Å². The summed E-state index contributed by atoms with van der Waals surface area (Å²) in [6.45, 7) is 4.30. The molecule has 0 radical (unpaired) electrons. The minimum Gasteiger partial charge on any atom is -0.486 e. The molecule has 0 spiro atoms. The standard InChI is InChI=1S/C16H17NO2/c1-3-14-9-17-12(2)16(15(14)10-18)19-11-13-7-5-4-6-8-13/h4-10H,3,11H2,1-2H3. The van der Waals surface area contributed by atoms with Crippen molar-refractivity contribution < 1.29 is 9.53 Å². The summed E-state index contributed by atoms with van der Waals surface area (Å²) in [5.41, 5.74) is 3.35. The molecular formula is C16H17NO2. The fraction of sp³-hybridized carbons (Fsp3) is 0.250. The van der Waals surface area contributed by atoms with Gasteiger partial charge < -0.3 is 4.74 Å². The van der Waals surface area contributed by atoms with Crippen molar-refractivity contribution in [2.24, 2.45) is 0 Å². The van der Waals surface area contributed by atoms with Crippen LogP contribution in [0.25, 0.3) is 0 Å². The van der Waals surface area contributed by atoms with Crippen LogP contribution in [-0.4, -0.2) is 11.3 Å². The van der Waals surface area contributed by atoms with Gasteiger partial charge in [0.2, 0.25) is 0 Å². The highest BCUT2D eigenvalue weighted by molar-refractivity contribution is 5.82. The van der Waals surface area contributed by atoms with Crippen molar-refractivity contribution in [3.05, 3.63) is 58.9 Å². The molecule has 19 heavy (non-hydrogen) atoms. The second-order valence-electron chi connectivity index (χ2n) is 4.36. The third-order valence-corrected chi connectivity index (χ3v) is 3.06. The van der Waals surface area contributed by atoms with E-state index in [-0.39, 0.29) is 0 Å². The molecule has 3 nitrogen and oxygen atoms in total. The van der Waals surface area contributed by atoms with Crippen LogP contribution in [0.1, 0.15) is 34.1 Å². The molecule has 0 saturated heterocycles. The van der Waals surface area contributed by atoms with E-state index in [0.717, 1.165) is 29.5 Å². The van der Waals surface area contributed by atoms with Crippen molar-refractivity contribution in [3.8, 4) is 5.75 Å². The van der Waals surface area contributed by atoms with Crippen molar-refractivity contribution in [1.82, 2.24) is 4.98 Å². The number of hydrogen-bond donors (Lipinski definition) is 0. The number of carbonyl (C=O) groups excluding carboxylic acids is 1. The summed E-state index contributed by atoms with van der Waals surface area (Å²) >= 11 is 0. The van der Waals surface area contributed by atoms with Gasteiger partial charge in [-0.2, -0.15) is 0 Å². The molecule has 1 aromatic carbocycles. The first-order valence-corrected chi connectivity index (χ1v) is 6.36. The highest BCUT2D eigenvalue weighted by Crippen LogP contribution is 2.25. The smallest absolute Gasteiger partial charge is 0.154 e. The number of pyridine rings is 1. The maximum absolute atomic E-state index is 11.3. The molecule has 0 atom stereocenters. The monoisotopic (exact) mass is 255 g/mol. The first kappa shape index (κ1) is 13.3. The van der Waals surface area contributed by atoms with E-state index in [1.54, 1.807) is 6.20 Å². The number of aldehydes is 1. The third-order valence-electron chi connectivity index (χ3n) is 3.06. The fourth-order valence-electron chi connectivity index (χ4n) is 1.97. The number of aromatic nitrogens is 1. The Hall–Kier alpha value is -2.16. The van der Waals surface area contributed by atoms with Crippen LogP contribution in [0, 0.1) is 6.92 Å². The highest BCUT2D eigenvalue weighted by Gasteiger charge is 2.12. The zero-order valence-corrected chi connectivity index (χ0v) is 11.2. The predicted molar refractivity (Wildman–Crippen MR) is 74.5 cm³/mol. The molecule has 0 fully saturated rings. The van der Waals surface area contributed by atoms with E-state index in [2.05, 4.69) is 4.98 Å². The topological polar surface area (TPSA) is 39.2 Å². The van der Waals surface area contributed by atoms with Gasteiger partial charge in [-0.15, -0.1) is 0 Å². The van der Waals surface area contributed by atoms with E-state index >= 15 is 0 Å². The van der Waals surface area contributed by atoms with Crippen LogP contribution >= 0.6 is 0 Å². The molecule has 1 heterocycles. The molecule has 0 aliphatic carbocycles. The Balaban J connectivity index is 2.26. The summed E-state index contributed by atoms with van der Waals surface area (Å²) in [6, 6.07) is 9.88.